The van der Waals surface area contributed by atoms with Gasteiger partial charge in [-0.1, -0.05) is 93.3 Å². The fourth-order valence-electron chi connectivity index (χ4n) is 7.79. The van der Waals surface area contributed by atoms with E-state index in [0.717, 1.165) is 61.0 Å². The smallest absolute Gasteiger partial charge is 0.166 e. The second kappa shape index (κ2) is 15.3. The number of benzene rings is 3. The molecule has 0 heterocycles. The zero-order chi connectivity index (χ0) is 30.2. The van der Waals surface area contributed by atoms with Crippen molar-refractivity contribution in [2.24, 2.45) is 17.8 Å². The molecule has 0 aliphatic heterocycles. The first-order chi connectivity index (χ1) is 21.0. The molecule has 0 N–H and O–H groups in total. The predicted molar refractivity (Wildman–Crippen MR) is 175 cm³/mol. The summed E-state index contributed by atoms with van der Waals surface area (Å²) < 4.78 is 45.0. The molecular weight excluding hydrogens is 537 g/mol. The number of allylic oxidation sites excluding steroid dienone is 2. The van der Waals surface area contributed by atoms with Crippen LogP contribution in [-0.2, 0) is 6.42 Å². The van der Waals surface area contributed by atoms with Crippen LogP contribution < -0.4 is 0 Å². The van der Waals surface area contributed by atoms with Crippen LogP contribution in [0.3, 0.4) is 0 Å². The lowest BCUT2D eigenvalue weighted by molar-refractivity contribution is 0.157. The molecular formula is C40H49F3. The van der Waals surface area contributed by atoms with Crippen LogP contribution in [0.1, 0.15) is 114 Å². The highest BCUT2D eigenvalue weighted by Crippen LogP contribution is 2.45. The van der Waals surface area contributed by atoms with Gasteiger partial charge in [0.25, 0.3) is 0 Å². The molecule has 5 rings (SSSR count). The lowest BCUT2D eigenvalue weighted by Gasteiger charge is -2.38. The van der Waals surface area contributed by atoms with Gasteiger partial charge >= 0.3 is 0 Å². The van der Waals surface area contributed by atoms with E-state index in [2.05, 4.69) is 32.1 Å². The van der Waals surface area contributed by atoms with Crippen molar-refractivity contribution in [2.75, 3.05) is 0 Å². The molecule has 2 fully saturated rings. The van der Waals surface area contributed by atoms with Crippen LogP contribution in [0.25, 0.3) is 22.3 Å². The average Bonchev–Trinajstić information content (AvgIpc) is 3.04. The van der Waals surface area contributed by atoms with Gasteiger partial charge in [0.15, 0.2) is 11.6 Å². The zero-order valence-corrected chi connectivity index (χ0v) is 26.2. The van der Waals surface area contributed by atoms with Crippen molar-refractivity contribution < 1.29 is 13.2 Å². The number of unbranched alkanes of at least 4 members (excludes halogenated alkanes) is 2. The second-order valence-corrected chi connectivity index (χ2v) is 13.2. The summed E-state index contributed by atoms with van der Waals surface area (Å²) in [6, 6.07) is 16.2. The van der Waals surface area contributed by atoms with Gasteiger partial charge in [-0.3, -0.25) is 0 Å². The molecule has 0 amide bonds. The van der Waals surface area contributed by atoms with Crippen LogP contribution in [0, 0.1) is 35.2 Å². The molecule has 230 valence electrons. The number of halogens is 3. The number of hydrogen-bond donors (Lipinski definition) is 0. The van der Waals surface area contributed by atoms with E-state index in [4.69, 9.17) is 0 Å². The summed E-state index contributed by atoms with van der Waals surface area (Å²) >= 11 is 0. The highest BCUT2D eigenvalue weighted by molar-refractivity contribution is 5.71. The molecule has 0 aromatic heterocycles. The molecule has 0 atom stereocenters. The Balaban J connectivity index is 1.17. The first-order valence-electron chi connectivity index (χ1n) is 17.0. The summed E-state index contributed by atoms with van der Waals surface area (Å²) in [7, 11) is 0. The molecule has 2 aliphatic carbocycles. The standard InChI is InChI=1S/C40H49F3/c1-3-5-7-9-28-11-13-29(14-12-28)30-15-17-31(18-16-30)35-24-25-36(38(41)27-35)32-19-21-33(22-20-32)37-26-23-34(10-8-6-4-2)39(42)40(37)43/h3,5,19-31H,4,6-18H2,1-2H3/b5-3+. The second-order valence-electron chi connectivity index (χ2n) is 13.2. The normalized spacial score (nSPS) is 22.7. The molecule has 3 aromatic rings. The largest absolute Gasteiger partial charge is 0.206 e. The van der Waals surface area contributed by atoms with Gasteiger partial charge in [-0.15, -0.1) is 0 Å². The number of rotatable bonds is 11. The Hall–Kier alpha value is -2.81. The Bertz CT molecular complexity index is 1340. The third-order valence-electron chi connectivity index (χ3n) is 10.5. The molecule has 0 nitrogen and oxygen atoms in total. The van der Waals surface area contributed by atoms with Gasteiger partial charge in [0.05, 0.1) is 0 Å². The molecule has 3 aromatic carbocycles. The molecule has 0 radical (unpaired) electrons. The zero-order valence-electron chi connectivity index (χ0n) is 26.2. The van der Waals surface area contributed by atoms with Crippen LogP contribution >= 0.6 is 0 Å². The molecule has 2 aliphatic rings. The Morgan fingerprint density at radius 3 is 1.95 bits per heavy atom. The SMILES string of the molecule is C/C=C/CCC1CCC(C2CCC(c3ccc(-c4ccc(-c5ccc(CCCCC)c(F)c5F)cc4)c(F)c3)CC2)CC1. The highest BCUT2D eigenvalue weighted by Gasteiger charge is 2.31. The van der Waals surface area contributed by atoms with Gasteiger partial charge in [0.1, 0.15) is 5.82 Å². The Morgan fingerprint density at radius 2 is 1.33 bits per heavy atom. The van der Waals surface area contributed by atoms with E-state index in [-0.39, 0.29) is 11.4 Å². The molecule has 0 spiro atoms. The molecule has 43 heavy (non-hydrogen) atoms. The number of hydrogen-bond acceptors (Lipinski definition) is 0. The Labute approximate surface area is 257 Å². The van der Waals surface area contributed by atoms with Gasteiger partial charge in [0, 0.05) is 11.1 Å². The van der Waals surface area contributed by atoms with Crippen LogP contribution in [0.4, 0.5) is 13.2 Å². The quantitative estimate of drug-likeness (QED) is 0.155. The van der Waals surface area contributed by atoms with Crippen molar-refractivity contribution in [3.8, 4) is 22.3 Å². The summed E-state index contributed by atoms with van der Waals surface area (Å²) in [5, 5.41) is 0. The monoisotopic (exact) mass is 586 g/mol. The minimum Gasteiger partial charge on any atom is -0.206 e. The molecule has 2 saturated carbocycles. The molecule has 0 saturated heterocycles. The van der Waals surface area contributed by atoms with E-state index < -0.39 is 11.6 Å². The molecule has 0 unspecified atom stereocenters. The Kier molecular flexibility index (Phi) is 11.2. The van der Waals surface area contributed by atoms with E-state index in [9.17, 15) is 8.78 Å². The van der Waals surface area contributed by atoms with Crippen LogP contribution in [0.2, 0.25) is 0 Å². The van der Waals surface area contributed by atoms with Gasteiger partial charge in [-0.2, -0.15) is 0 Å². The van der Waals surface area contributed by atoms with Crippen molar-refractivity contribution in [3.05, 3.63) is 95.3 Å². The summed E-state index contributed by atoms with van der Waals surface area (Å²) in [6.45, 7) is 4.20. The third kappa shape index (κ3) is 7.83. The van der Waals surface area contributed by atoms with E-state index in [1.165, 1.54) is 51.4 Å². The highest BCUT2D eigenvalue weighted by atomic mass is 19.2. The first-order valence-corrected chi connectivity index (χ1v) is 17.0. The maximum atomic E-state index is 15.4. The Morgan fingerprint density at radius 1 is 0.698 bits per heavy atom. The summed E-state index contributed by atoms with van der Waals surface area (Å²) in [5.74, 6) is 1.30. The fraction of sp³-hybridized carbons (Fsp3) is 0.500. The van der Waals surface area contributed by atoms with E-state index in [1.54, 1.807) is 42.5 Å². The van der Waals surface area contributed by atoms with Crippen LogP contribution in [0.15, 0.2) is 66.7 Å². The maximum Gasteiger partial charge on any atom is 0.166 e. The van der Waals surface area contributed by atoms with Crippen molar-refractivity contribution in [2.45, 2.75) is 110 Å². The van der Waals surface area contributed by atoms with Crippen molar-refractivity contribution >= 4 is 0 Å². The van der Waals surface area contributed by atoms with Crippen LogP contribution in [-0.4, -0.2) is 0 Å². The first kappa shape index (κ1) is 31.6. The molecule has 3 heteroatoms. The minimum absolute atomic E-state index is 0.211. The van der Waals surface area contributed by atoms with Gasteiger partial charge in [0.2, 0.25) is 0 Å². The fourth-order valence-corrected chi connectivity index (χ4v) is 7.79. The van der Waals surface area contributed by atoms with Crippen molar-refractivity contribution in [1.82, 2.24) is 0 Å². The van der Waals surface area contributed by atoms with Gasteiger partial charge < -0.3 is 0 Å². The third-order valence-corrected chi connectivity index (χ3v) is 10.5. The van der Waals surface area contributed by atoms with Crippen LogP contribution in [0.5, 0.6) is 0 Å². The minimum atomic E-state index is -0.806. The lowest BCUT2D eigenvalue weighted by Crippen LogP contribution is -2.25. The predicted octanol–water partition coefficient (Wildman–Crippen LogP) is 12.6. The van der Waals surface area contributed by atoms with E-state index in [1.807, 2.05) is 6.07 Å². The molecule has 0 bridgehead atoms. The number of aryl methyl sites for hydroxylation is 1. The van der Waals surface area contributed by atoms with Gasteiger partial charge in [-0.05, 0) is 123 Å². The van der Waals surface area contributed by atoms with Crippen molar-refractivity contribution in [1.29, 1.82) is 0 Å². The summed E-state index contributed by atoms with van der Waals surface area (Å²) in [5.41, 5.74) is 3.67. The lowest BCUT2D eigenvalue weighted by atomic mass is 9.68. The van der Waals surface area contributed by atoms with E-state index in [0.29, 0.717) is 29.0 Å². The van der Waals surface area contributed by atoms with Gasteiger partial charge in [-0.25, -0.2) is 13.2 Å². The maximum absolute atomic E-state index is 15.4. The average molecular weight is 587 g/mol. The topological polar surface area (TPSA) is 0 Å². The summed E-state index contributed by atoms with van der Waals surface area (Å²) in [4.78, 5) is 0. The van der Waals surface area contributed by atoms with Crippen molar-refractivity contribution in [3.63, 3.8) is 0 Å². The van der Waals surface area contributed by atoms with E-state index >= 15 is 4.39 Å². The summed E-state index contributed by atoms with van der Waals surface area (Å²) in [6.07, 6.45) is 20.9.